The molecule has 1 aromatic carbocycles. The number of isocyanates is 1. The molecule has 0 radical (unpaired) electrons. The minimum Gasteiger partial charge on any atom is -0.465 e. The molecule has 0 aliphatic rings. The molecule has 0 N–H and O–H groups in total. The average Bonchev–Trinajstić information content (AvgIpc) is 2.37. The van der Waals surface area contributed by atoms with Gasteiger partial charge in [-0.25, -0.2) is 9.59 Å². The fourth-order valence-electron chi connectivity index (χ4n) is 1.21. The van der Waals surface area contributed by atoms with Crippen molar-refractivity contribution in [3.63, 3.8) is 0 Å². The Morgan fingerprint density at radius 3 is 2.58 bits per heavy atom. The number of ether oxygens (including phenoxy) is 1. The molecule has 9 nitrogen and oxygen atoms in total. The molecule has 0 heterocycles. The fraction of sp³-hybridized carbons (Fsp3) is 0.111. The Bertz CT molecular complexity index is 689. The predicted octanol–water partition coefficient (Wildman–Crippen LogP) is 0.406. The first-order valence-electron chi connectivity index (χ1n) is 4.54. The van der Waals surface area contributed by atoms with E-state index >= 15 is 0 Å². The first-order valence-corrected chi connectivity index (χ1v) is 5.98. The third-order valence-electron chi connectivity index (χ3n) is 2.02. The number of non-ortho nitro benzene ring substituents is 1. The van der Waals surface area contributed by atoms with Crippen molar-refractivity contribution in [3.05, 3.63) is 33.9 Å². The van der Waals surface area contributed by atoms with Crippen LogP contribution in [0.3, 0.4) is 0 Å². The van der Waals surface area contributed by atoms with E-state index in [9.17, 15) is 28.1 Å². The van der Waals surface area contributed by atoms with Crippen molar-refractivity contribution in [2.75, 3.05) is 7.11 Å². The van der Waals surface area contributed by atoms with E-state index in [1.54, 1.807) is 0 Å². The Labute approximate surface area is 106 Å². The van der Waals surface area contributed by atoms with Gasteiger partial charge in [-0.2, -0.15) is 8.42 Å². The molecule has 0 aromatic heterocycles. The quantitative estimate of drug-likeness (QED) is 0.257. The Balaban J connectivity index is 3.65. The summed E-state index contributed by atoms with van der Waals surface area (Å²) in [4.78, 5) is 30.3. The van der Waals surface area contributed by atoms with Crippen LogP contribution >= 0.6 is 0 Å². The van der Waals surface area contributed by atoms with Crippen molar-refractivity contribution in [1.29, 1.82) is 0 Å². The van der Waals surface area contributed by atoms with Crippen LogP contribution in [0.1, 0.15) is 10.4 Å². The monoisotopic (exact) mass is 286 g/mol. The minimum absolute atomic E-state index is 0.466. The maximum Gasteiger partial charge on any atom is 0.339 e. The van der Waals surface area contributed by atoms with E-state index in [-0.39, 0.29) is 0 Å². The van der Waals surface area contributed by atoms with Gasteiger partial charge in [0.15, 0.2) is 0 Å². The zero-order valence-corrected chi connectivity index (χ0v) is 10.2. The van der Waals surface area contributed by atoms with Crippen LogP contribution in [-0.2, 0) is 19.6 Å². The molecule has 100 valence electrons. The normalized spacial score (nSPS) is 10.4. The molecule has 19 heavy (non-hydrogen) atoms. The van der Waals surface area contributed by atoms with E-state index in [2.05, 4.69) is 9.13 Å². The van der Waals surface area contributed by atoms with E-state index in [4.69, 9.17) is 0 Å². The lowest BCUT2D eigenvalue weighted by Crippen LogP contribution is -2.10. The zero-order chi connectivity index (χ0) is 14.6. The highest BCUT2D eigenvalue weighted by atomic mass is 32.2. The van der Waals surface area contributed by atoms with Gasteiger partial charge in [0.25, 0.3) is 21.8 Å². The van der Waals surface area contributed by atoms with Crippen molar-refractivity contribution >= 4 is 27.8 Å². The van der Waals surface area contributed by atoms with Crippen LogP contribution in [0, 0.1) is 10.1 Å². The molecule has 10 heteroatoms. The summed E-state index contributed by atoms with van der Waals surface area (Å²) in [5.41, 5.74) is -1.04. The third kappa shape index (κ3) is 3.00. The molecule has 0 spiro atoms. The molecule has 0 aliphatic heterocycles. The van der Waals surface area contributed by atoms with Crippen molar-refractivity contribution in [2.45, 2.75) is 4.90 Å². The molecule has 0 fully saturated rings. The fourth-order valence-corrected chi connectivity index (χ4v) is 2.11. The molecule has 0 saturated carbocycles. The van der Waals surface area contributed by atoms with Gasteiger partial charge in [0.1, 0.15) is 4.90 Å². The van der Waals surface area contributed by atoms with Crippen molar-refractivity contribution in [1.82, 2.24) is 0 Å². The van der Waals surface area contributed by atoms with E-state index < -0.39 is 37.1 Å². The van der Waals surface area contributed by atoms with Gasteiger partial charge in [-0.1, -0.05) is 4.40 Å². The number of nitrogens with zero attached hydrogens (tertiary/aromatic N) is 2. The Morgan fingerprint density at radius 2 is 2.11 bits per heavy atom. The summed E-state index contributed by atoms with van der Waals surface area (Å²) in [6.45, 7) is 0. The predicted molar refractivity (Wildman–Crippen MR) is 59.7 cm³/mol. The molecule has 0 aliphatic carbocycles. The Morgan fingerprint density at radius 1 is 1.47 bits per heavy atom. The highest BCUT2D eigenvalue weighted by molar-refractivity contribution is 7.90. The lowest BCUT2D eigenvalue weighted by molar-refractivity contribution is -0.385. The Hall–Kier alpha value is -2.58. The van der Waals surface area contributed by atoms with Gasteiger partial charge in [-0.15, -0.1) is 0 Å². The van der Waals surface area contributed by atoms with Gasteiger partial charge < -0.3 is 4.74 Å². The first kappa shape index (κ1) is 14.5. The highest BCUT2D eigenvalue weighted by Crippen LogP contribution is 2.24. The number of carbonyl (C=O) groups is 1. The molecular weight excluding hydrogens is 280 g/mol. The zero-order valence-electron chi connectivity index (χ0n) is 9.39. The van der Waals surface area contributed by atoms with Crippen LogP contribution in [0.4, 0.5) is 5.69 Å². The molecule has 0 bridgehead atoms. The first-order chi connectivity index (χ1) is 8.83. The van der Waals surface area contributed by atoms with E-state index in [0.29, 0.717) is 6.07 Å². The molecule has 0 saturated heterocycles. The largest absolute Gasteiger partial charge is 0.465 e. The van der Waals surface area contributed by atoms with Gasteiger partial charge in [0, 0.05) is 12.1 Å². The van der Waals surface area contributed by atoms with Crippen LogP contribution in [0.2, 0.25) is 0 Å². The smallest absolute Gasteiger partial charge is 0.339 e. The Kier molecular flexibility index (Phi) is 4.10. The van der Waals surface area contributed by atoms with Gasteiger partial charge in [0.05, 0.1) is 17.6 Å². The standard InChI is InChI=1S/C9H6N2O7S/c1-18-9(13)7-3-2-6(11(14)15)4-8(7)19(16,17)10-5-12/h2-4H,1H3. The summed E-state index contributed by atoms with van der Waals surface area (Å²) in [5, 5.41) is 10.6. The summed E-state index contributed by atoms with van der Waals surface area (Å²) in [6.07, 6.45) is 0.804. The number of hydrogen-bond acceptors (Lipinski definition) is 7. The SMILES string of the molecule is COC(=O)c1ccc([N+](=O)[O-])cc1S(=O)(=O)N=C=O. The summed E-state index contributed by atoms with van der Waals surface area (Å²) in [5.74, 6) is -1.03. The average molecular weight is 286 g/mol. The summed E-state index contributed by atoms with van der Waals surface area (Å²) < 4.78 is 30.1. The molecule has 0 atom stereocenters. The summed E-state index contributed by atoms with van der Waals surface area (Å²) >= 11 is 0. The lowest BCUT2D eigenvalue weighted by Gasteiger charge is -2.04. The van der Waals surface area contributed by atoms with E-state index in [1.165, 1.54) is 0 Å². The second kappa shape index (κ2) is 5.38. The van der Waals surface area contributed by atoms with Crippen molar-refractivity contribution in [3.8, 4) is 0 Å². The number of hydrogen-bond donors (Lipinski definition) is 0. The molecule has 0 unspecified atom stereocenters. The second-order valence-electron chi connectivity index (χ2n) is 3.09. The molecule has 1 rings (SSSR count). The van der Waals surface area contributed by atoms with Gasteiger partial charge in [-0.3, -0.25) is 10.1 Å². The van der Waals surface area contributed by atoms with E-state index in [0.717, 1.165) is 25.3 Å². The second-order valence-corrected chi connectivity index (χ2v) is 4.66. The van der Waals surface area contributed by atoms with Crippen LogP contribution in [0.5, 0.6) is 0 Å². The maximum atomic E-state index is 11.6. The number of sulfonamides is 1. The molecular formula is C9H6N2O7S. The van der Waals surface area contributed by atoms with Crippen LogP contribution in [-0.4, -0.2) is 32.5 Å². The summed E-state index contributed by atoms with van der Waals surface area (Å²) in [7, 11) is -3.55. The molecule has 1 aromatic rings. The van der Waals surface area contributed by atoms with Gasteiger partial charge >= 0.3 is 5.97 Å². The number of rotatable bonds is 4. The number of carbonyl (C=O) groups excluding carboxylic acids is 2. The topological polar surface area (TPSA) is 133 Å². The van der Waals surface area contributed by atoms with Crippen LogP contribution < -0.4 is 0 Å². The third-order valence-corrected chi connectivity index (χ3v) is 3.23. The minimum atomic E-state index is -4.56. The maximum absolute atomic E-state index is 11.6. The number of nitro benzene ring substituents is 1. The van der Waals surface area contributed by atoms with Gasteiger partial charge in [0.2, 0.25) is 0 Å². The molecule has 0 amide bonds. The number of methoxy groups -OCH3 is 1. The van der Waals surface area contributed by atoms with E-state index in [1.807, 2.05) is 0 Å². The number of nitro groups is 1. The van der Waals surface area contributed by atoms with Crippen molar-refractivity contribution < 1.29 is 27.7 Å². The number of benzene rings is 1. The lowest BCUT2D eigenvalue weighted by atomic mass is 10.2. The van der Waals surface area contributed by atoms with Crippen LogP contribution in [0.15, 0.2) is 27.5 Å². The summed E-state index contributed by atoms with van der Waals surface area (Å²) in [6, 6.07) is 2.44. The highest BCUT2D eigenvalue weighted by Gasteiger charge is 2.25. The van der Waals surface area contributed by atoms with Crippen LogP contribution in [0.25, 0.3) is 0 Å². The number of esters is 1. The van der Waals surface area contributed by atoms with Gasteiger partial charge in [-0.05, 0) is 6.07 Å². The van der Waals surface area contributed by atoms with Crippen molar-refractivity contribution in [2.24, 2.45) is 4.40 Å².